The van der Waals surface area contributed by atoms with E-state index in [1.165, 1.54) is 6.92 Å². The normalized spacial score (nSPS) is 18.1. The molecule has 0 saturated carbocycles. The van der Waals surface area contributed by atoms with Crippen molar-refractivity contribution in [2.24, 2.45) is 5.10 Å². The Hall–Kier alpha value is -1.39. The fourth-order valence-electron chi connectivity index (χ4n) is 0.930. The summed E-state index contributed by atoms with van der Waals surface area (Å²) in [4.78, 5) is 21.6. The third-order valence-corrected chi connectivity index (χ3v) is 1.94. The lowest BCUT2D eigenvalue weighted by molar-refractivity contribution is -0.148. The number of hydrazone groups is 1. The molecule has 0 unspecified atom stereocenters. The first-order valence-electron chi connectivity index (χ1n) is 4.97. The number of rotatable bonds is 7. The second-order valence-electron chi connectivity index (χ2n) is 3.52. The predicted octanol–water partition coefficient (Wildman–Crippen LogP) is -3.89. The van der Waals surface area contributed by atoms with Crippen LogP contribution in [0.25, 0.3) is 0 Å². The first-order valence-corrected chi connectivity index (χ1v) is 4.97. The van der Waals surface area contributed by atoms with Gasteiger partial charge < -0.3 is 25.5 Å². The highest BCUT2D eigenvalue weighted by molar-refractivity contribution is 6.26. The second kappa shape index (κ2) is 7.84. The van der Waals surface area contributed by atoms with Crippen LogP contribution >= 0.6 is 0 Å². The molecule has 0 aliphatic heterocycles. The van der Waals surface area contributed by atoms with Gasteiger partial charge in [-0.2, -0.15) is 5.10 Å². The number of hydrogen-bond acceptors (Lipinski definition) is 8. The summed E-state index contributed by atoms with van der Waals surface area (Å²) < 4.78 is 0. The number of carbonyl (C=O) groups is 2. The summed E-state index contributed by atoms with van der Waals surface area (Å²) in [5.74, 6) is -1.62. The average molecular weight is 264 g/mol. The largest absolute Gasteiger partial charge is 0.394 e. The van der Waals surface area contributed by atoms with E-state index in [1.807, 2.05) is 0 Å². The number of aliphatic hydroxyl groups excluding tert-OH is 5. The molecular formula is C9H16N2O7. The van der Waals surface area contributed by atoms with E-state index in [-0.39, 0.29) is 0 Å². The van der Waals surface area contributed by atoms with Crippen molar-refractivity contribution in [3.63, 3.8) is 0 Å². The van der Waals surface area contributed by atoms with Crippen molar-refractivity contribution in [1.82, 2.24) is 5.43 Å². The van der Waals surface area contributed by atoms with Gasteiger partial charge in [-0.15, -0.1) is 0 Å². The monoisotopic (exact) mass is 264 g/mol. The quantitative estimate of drug-likeness (QED) is 0.202. The molecule has 0 fully saturated rings. The molecule has 0 saturated heterocycles. The van der Waals surface area contributed by atoms with Crippen LogP contribution in [0.15, 0.2) is 5.10 Å². The lowest BCUT2D eigenvalue weighted by atomic mass is 10.0. The van der Waals surface area contributed by atoms with Crippen molar-refractivity contribution < 1.29 is 35.1 Å². The van der Waals surface area contributed by atoms with Crippen LogP contribution in [-0.2, 0) is 9.59 Å². The van der Waals surface area contributed by atoms with E-state index in [1.54, 1.807) is 5.43 Å². The van der Waals surface area contributed by atoms with Gasteiger partial charge in [0.2, 0.25) is 0 Å². The summed E-state index contributed by atoms with van der Waals surface area (Å²) in [6.45, 7) is 0.331. The second-order valence-corrected chi connectivity index (χ2v) is 3.52. The van der Waals surface area contributed by atoms with Gasteiger partial charge in [0.05, 0.1) is 12.8 Å². The standard InChI is InChI=1S/C9H16N2O7/c1-4(13)2-10-11-9(18)8(17)7(16)6(15)5(14)3-12/h2,5-8,12,14-17H,3H2,1H3,(H,11,18)/b10-2+/t5-,6-,7-,8+/m1/s1. The molecule has 9 heteroatoms. The molecule has 6 N–H and O–H groups in total. The smallest absolute Gasteiger partial charge is 0.271 e. The fraction of sp³-hybridized carbons (Fsp3) is 0.667. The molecule has 0 rings (SSSR count). The molecular weight excluding hydrogens is 248 g/mol. The maximum absolute atomic E-state index is 11.2. The Morgan fingerprint density at radius 1 is 1.22 bits per heavy atom. The Kier molecular flexibility index (Phi) is 7.24. The van der Waals surface area contributed by atoms with Gasteiger partial charge in [-0.1, -0.05) is 0 Å². The van der Waals surface area contributed by atoms with Crippen LogP contribution in [0.4, 0.5) is 0 Å². The Morgan fingerprint density at radius 3 is 2.22 bits per heavy atom. The van der Waals surface area contributed by atoms with E-state index in [9.17, 15) is 24.9 Å². The predicted molar refractivity (Wildman–Crippen MR) is 58.4 cm³/mol. The Morgan fingerprint density at radius 2 is 1.78 bits per heavy atom. The zero-order valence-electron chi connectivity index (χ0n) is 9.59. The zero-order chi connectivity index (χ0) is 14.3. The van der Waals surface area contributed by atoms with Gasteiger partial charge in [0, 0.05) is 6.92 Å². The molecule has 9 nitrogen and oxygen atoms in total. The summed E-state index contributed by atoms with van der Waals surface area (Å²) in [7, 11) is 0. The van der Waals surface area contributed by atoms with Gasteiger partial charge in [-0.05, 0) is 0 Å². The SMILES string of the molecule is CC(=O)/C=N/NC(=O)[C@@H](O)[C@H](O)[C@H](O)[C@H](O)CO. The first kappa shape index (κ1) is 16.6. The molecule has 0 bridgehead atoms. The summed E-state index contributed by atoms with van der Waals surface area (Å²) in [6, 6.07) is 0. The van der Waals surface area contributed by atoms with Gasteiger partial charge in [0.1, 0.15) is 18.3 Å². The Balaban J connectivity index is 4.40. The number of Topliss-reactive ketones (excluding diaryl/α,β-unsaturated/α-hetero) is 1. The van der Waals surface area contributed by atoms with E-state index in [4.69, 9.17) is 10.2 Å². The summed E-state index contributed by atoms with van der Waals surface area (Å²) in [6.07, 6.45) is -6.93. The zero-order valence-corrected chi connectivity index (χ0v) is 9.59. The van der Waals surface area contributed by atoms with Gasteiger partial charge >= 0.3 is 0 Å². The molecule has 0 radical (unpaired) electrons. The molecule has 18 heavy (non-hydrogen) atoms. The summed E-state index contributed by atoms with van der Waals surface area (Å²) in [5, 5.41) is 48.5. The average Bonchev–Trinajstić information content (AvgIpc) is 2.34. The maximum Gasteiger partial charge on any atom is 0.271 e. The number of aliphatic hydroxyl groups is 5. The number of nitrogens with zero attached hydrogens (tertiary/aromatic N) is 1. The van der Waals surface area contributed by atoms with E-state index in [0.29, 0.717) is 0 Å². The van der Waals surface area contributed by atoms with Crippen LogP contribution in [0.5, 0.6) is 0 Å². The van der Waals surface area contributed by atoms with Crippen molar-refractivity contribution >= 4 is 17.9 Å². The van der Waals surface area contributed by atoms with Crippen LogP contribution in [0.1, 0.15) is 6.92 Å². The highest BCUT2D eigenvalue weighted by Crippen LogP contribution is 2.05. The number of carbonyl (C=O) groups excluding carboxylic acids is 2. The van der Waals surface area contributed by atoms with Gasteiger partial charge in [0.25, 0.3) is 5.91 Å². The minimum Gasteiger partial charge on any atom is -0.394 e. The van der Waals surface area contributed by atoms with E-state index in [0.717, 1.165) is 6.21 Å². The van der Waals surface area contributed by atoms with Crippen LogP contribution in [0, 0.1) is 0 Å². The summed E-state index contributed by atoms with van der Waals surface area (Å²) in [5.41, 5.74) is 1.75. The van der Waals surface area contributed by atoms with Gasteiger partial charge in [-0.3, -0.25) is 9.59 Å². The van der Waals surface area contributed by atoms with Crippen LogP contribution in [0.3, 0.4) is 0 Å². The lowest BCUT2D eigenvalue weighted by Crippen LogP contribution is -2.51. The third kappa shape index (κ3) is 5.29. The van der Waals surface area contributed by atoms with E-state index < -0.39 is 42.7 Å². The van der Waals surface area contributed by atoms with E-state index in [2.05, 4.69) is 5.10 Å². The first-order chi connectivity index (χ1) is 8.31. The van der Waals surface area contributed by atoms with Gasteiger partial charge in [-0.25, -0.2) is 5.43 Å². The third-order valence-electron chi connectivity index (χ3n) is 1.94. The molecule has 1 amide bonds. The minimum atomic E-state index is -2.08. The van der Waals surface area contributed by atoms with Crippen LogP contribution in [0.2, 0.25) is 0 Å². The number of ketones is 1. The molecule has 104 valence electrons. The summed E-state index contributed by atoms with van der Waals surface area (Å²) >= 11 is 0. The molecule has 0 spiro atoms. The number of nitrogens with one attached hydrogen (secondary N) is 1. The van der Waals surface area contributed by atoms with E-state index >= 15 is 0 Å². The fourth-order valence-corrected chi connectivity index (χ4v) is 0.930. The number of hydrogen-bond donors (Lipinski definition) is 6. The highest BCUT2D eigenvalue weighted by atomic mass is 16.4. The Labute approximate surface area is 102 Å². The molecule has 0 aliphatic carbocycles. The molecule has 4 atom stereocenters. The van der Waals surface area contributed by atoms with Gasteiger partial charge in [0.15, 0.2) is 11.9 Å². The van der Waals surface area contributed by atoms with Crippen molar-refractivity contribution in [3.8, 4) is 0 Å². The molecule has 0 aromatic carbocycles. The minimum absolute atomic E-state index is 0.443. The van der Waals surface area contributed by atoms with Crippen LogP contribution in [-0.4, -0.2) is 74.5 Å². The van der Waals surface area contributed by atoms with Crippen molar-refractivity contribution in [2.75, 3.05) is 6.61 Å². The molecule has 0 aromatic heterocycles. The maximum atomic E-state index is 11.2. The molecule has 0 aliphatic rings. The van der Waals surface area contributed by atoms with Crippen LogP contribution < -0.4 is 5.43 Å². The van der Waals surface area contributed by atoms with Crippen molar-refractivity contribution in [1.29, 1.82) is 0 Å². The lowest BCUT2D eigenvalue weighted by Gasteiger charge is -2.24. The Bertz CT molecular complexity index is 320. The van der Waals surface area contributed by atoms with Crippen molar-refractivity contribution in [3.05, 3.63) is 0 Å². The molecule has 0 heterocycles. The van der Waals surface area contributed by atoms with Crippen molar-refractivity contribution in [2.45, 2.75) is 31.3 Å². The topological polar surface area (TPSA) is 160 Å². The number of amides is 1. The molecule has 0 aromatic rings. The highest BCUT2D eigenvalue weighted by Gasteiger charge is 2.34.